The van der Waals surface area contributed by atoms with E-state index in [2.05, 4.69) is 48.9 Å². The van der Waals surface area contributed by atoms with Gasteiger partial charge in [-0.3, -0.25) is 4.79 Å². The number of nitrogens with one attached hydrogen (secondary N) is 3. The number of urea groups is 1. The smallest absolute Gasteiger partial charge is 0.315 e. The SMILES string of the molecule is CC/C=C(\C)CC/C=C(\C)CNC(=O)CCCC[C@@H]1SC[C@@H]2NC(=O)N[C@@H]21. The number of unbranched alkanes of at least 4 members (excludes halogenated alkanes) is 1. The van der Waals surface area contributed by atoms with Crippen molar-refractivity contribution < 1.29 is 9.59 Å². The Hall–Kier alpha value is -1.43. The fourth-order valence-corrected chi connectivity index (χ4v) is 5.21. The zero-order chi connectivity index (χ0) is 19.6. The summed E-state index contributed by atoms with van der Waals surface area (Å²) in [5.74, 6) is 1.13. The molecule has 0 spiro atoms. The van der Waals surface area contributed by atoms with E-state index >= 15 is 0 Å². The molecule has 3 N–H and O–H groups in total. The molecular weight excluding hydrogens is 358 g/mol. The van der Waals surface area contributed by atoms with Crippen molar-refractivity contribution in [1.29, 1.82) is 0 Å². The third-order valence-electron chi connectivity index (χ3n) is 5.23. The average Bonchev–Trinajstić information content (AvgIpc) is 3.16. The molecule has 2 aliphatic heterocycles. The van der Waals surface area contributed by atoms with E-state index in [1.165, 1.54) is 11.1 Å². The molecule has 0 aromatic carbocycles. The van der Waals surface area contributed by atoms with E-state index in [0.29, 0.717) is 18.2 Å². The number of hydrogen-bond acceptors (Lipinski definition) is 3. The molecule has 2 aliphatic rings. The summed E-state index contributed by atoms with van der Waals surface area (Å²) >= 11 is 1.93. The van der Waals surface area contributed by atoms with Crippen LogP contribution in [0.2, 0.25) is 0 Å². The molecule has 5 nitrogen and oxygen atoms in total. The molecule has 0 saturated carbocycles. The summed E-state index contributed by atoms with van der Waals surface area (Å²) in [5.41, 5.74) is 2.66. The topological polar surface area (TPSA) is 70.2 Å². The second-order valence-corrected chi connectivity index (χ2v) is 8.96. The minimum Gasteiger partial charge on any atom is -0.352 e. The molecule has 3 atom stereocenters. The maximum absolute atomic E-state index is 12.0. The van der Waals surface area contributed by atoms with Crippen LogP contribution in [0.1, 0.15) is 65.7 Å². The van der Waals surface area contributed by atoms with Gasteiger partial charge in [-0.25, -0.2) is 4.79 Å². The van der Waals surface area contributed by atoms with Crippen LogP contribution in [0.15, 0.2) is 23.3 Å². The number of allylic oxidation sites excluding steroid dienone is 3. The molecule has 152 valence electrons. The summed E-state index contributed by atoms with van der Waals surface area (Å²) in [4.78, 5) is 23.4. The largest absolute Gasteiger partial charge is 0.352 e. The van der Waals surface area contributed by atoms with Gasteiger partial charge in [-0.2, -0.15) is 11.8 Å². The first-order chi connectivity index (χ1) is 13.0. The van der Waals surface area contributed by atoms with E-state index in [1.54, 1.807) is 0 Å². The number of hydrogen-bond donors (Lipinski definition) is 3. The summed E-state index contributed by atoms with van der Waals surface area (Å²) < 4.78 is 0. The Morgan fingerprint density at radius 2 is 2.00 bits per heavy atom. The highest BCUT2D eigenvalue weighted by Crippen LogP contribution is 2.33. The molecule has 2 saturated heterocycles. The van der Waals surface area contributed by atoms with Crippen molar-refractivity contribution in [2.45, 2.75) is 83.1 Å². The third kappa shape index (κ3) is 7.60. The standard InChI is InChI=1S/C21H35N3O2S/c1-4-8-15(2)9-7-10-16(3)13-22-19(25)12-6-5-11-18-20-17(14-27-18)23-21(26)24-20/h8,10,17-18,20H,4-7,9,11-14H2,1-3H3,(H,22,25)(H2,23,24,26)/b15-8+,16-10+/t17-,18-,20-/m0/s1. The summed E-state index contributed by atoms with van der Waals surface area (Å²) in [6.45, 7) is 7.06. The first kappa shape index (κ1) is 21.9. The molecule has 2 rings (SSSR count). The normalized spacial score (nSPS) is 25.1. The van der Waals surface area contributed by atoms with Crippen LogP contribution in [0.3, 0.4) is 0 Å². The molecule has 27 heavy (non-hydrogen) atoms. The average molecular weight is 394 g/mol. The molecule has 0 aliphatic carbocycles. The highest BCUT2D eigenvalue weighted by atomic mass is 32.2. The number of rotatable bonds is 11. The lowest BCUT2D eigenvalue weighted by molar-refractivity contribution is -0.121. The van der Waals surface area contributed by atoms with E-state index in [0.717, 1.165) is 44.3 Å². The Bertz CT molecular complexity index is 574. The van der Waals surface area contributed by atoms with Crippen molar-refractivity contribution in [2.24, 2.45) is 0 Å². The second kappa shape index (κ2) is 11.4. The van der Waals surface area contributed by atoms with Crippen molar-refractivity contribution in [2.75, 3.05) is 12.3 Å². The van der Waals surface area contributed by atoms with Gasteiger partial charge in [0.25, 0.3) is 0 Å². The van der Waals surface area contributed by atoms with Gasteiger partial charge in [-0.05, 0) is 46.0 Å². The lowest BCUT2D eigenvalue weighted by atomic mass is 10.0. The Kier molecular flexibility index (Phi) is 9.25. The van der Waals surface area contributed by atoms with Gasteiger partial charge in [0.1, 0.15) is 0 Å². The predicted octanol–water partition coefficient (Wildman–Crippen LogP) is 3.91. The second-order valence-electron chi connectivity index (χ2n) is 7.69. The minimum atomic E-state index is -0.0327. The summed E-state index contributed by atoms with van der Waals surface area (Å²) in [6, 6.07) is 0.515. The van der Waals surface area contributed by atoms with Crippen molar-refractivity contribution in [1.82, 2.24) is 16.0 Å². The van der Waals surface area contributed by atoms with Crippen LogP contribution in [-0.2, 0) is 4.79 Å². The Morgan fingerprint density at radius 3 is 2.78 bits per heavy atom. The number of carbonyl (C=O) groups excluding carboxylic acids is 2. The van der Waals surface area contributed by atoms with Gasteiger partial charge in [0.05, 0.1) is 12.1 Å². The number of carbonyl (C=O) groups is 2. The molecule has 2 heterocycles. The van der Waals surface area contributed by atoms with E-state index in [4.69, 9.17) is 0 Å². The van der Waals surface area contributed by atoms with E-state index < -0.39 is 0 Å². The first-order valence-corrected chi connectivity index (χ1v) is 11.3. The monoisotopic (exact) mass is 393 g/mol. The Balaban J connectivity index is 1.53. The van der Waals surface area contributed by atoms with Crippen LogP contribution in [-0.4, -0.2) is 41.6 Å². The van der Waals surface area contributed by atoms with Crippen molar-refractivity contribution >= 4 is 23.7 Å². The lowest BCUT2D eigenvalue weighted by Gasteiger charge is -2.16. The Morgan fingerprint density at radius 1 is 1.19 bits per heavy atom. The number of thioether (sulfide) groups is 1. The first-order valence-electron chi connectivity index (χ1n) is 10.3. The summed E-state index contributed by atoms with van der Waals surface area (Å²) in [5, 5.41) is 9.49. The van der Waals surface area contributed by atoms with Gasteiger partial charge < -0.3 is 16.0 Å². The van der Waals surface area contributed by atoms with Gasteiger partial charge in [-0.1, -0.05) is 36.6 Å². The summed E-state index contributed by atoms with van der Waals surface area (Å²) in [7, 11) is 0. The maximum atomic E-state index is 12.0. The van der Waals surface area contributed by atoms with Crippen LogP contribution < -0.4 is 16.0 Å². The van der Waals surface area contributed by atoms with Gasteiger partial charge in [0.2, 0.25) is 5.91 Å². The lowest BCUT2D eigenvalue weighted by Crippen LogP contribution is -2.36. The summed E-state index contributed by atoms with van der Waals surface area (Å²) in [6.07, 6.45) is 11.3. The van der Waals surface area contributed by atoms with Crippen LogP contribution in [0.25, 0.3) is 0 Å². The van der Waals surface area contributed by atoms with E-state index in [-0.39, 0.29) is 24.0 Å². The van der Waals surface area contributed by atoms with Gasteiger partial charge in [0.15, 0.2) is 0 Å². The van der Waals surface area contributed by atoms with Gasteiger partial charge >= 0.3 is 6.03 Å². The molecule has 2 fully saturated rings. The van der Waals surface area contributed by atoms with Crippen LogP contribution in [0.5, 0.6) is 0 Å². The minimum absolute atomic E-state index is 0.0327. The Labute approximate surface area is 168 Å². The van der Waals surface area contributed by atoms with Gasteiger partial charge in [0, 0.05) is 24.0 Å². The predicted molar refractivity (Wildman–Crippen MR) is 114 cm³/mol. The van der Waals surface area contributed by atoms with E-state index in [9.17, 15) is 9.59 Å². The number of amides is 3. The van der Waals surface area contributed by atoms with Gasteiger partial charge in [-0.15, -0.1) is 0 Å². The molecule has 3 amide bonds. The van der Waals surface area contributed by atoms with Crippen LogP contribution in [0, 0.1) is 0 Å². The molecule has 0 radical (unpaired) electrons. The fourth-order valence-electron chi connectivity index (χ4n) is 3.67. The maximum Gasteiger partial charge on any atom is 0.315 e. The van der Waals surface area contributed by atoms with Crippen molar-refractivity contribution in [3.05, 3.63) is 23.3 Å². The third-order valence-corrected chi connectivity index (χ3v) is 6.74. The quantitative estimate of drug-likeness (QED) is 0.283. The van der Waals surface area contributed by atoms with Crippen molar-refractivity contribution in [3.63, 3.8) is 0 Å². The number of fused-ring (bicyclic) bond motifs is 1. The zero-order valence-corrected chi connectivity index (χ0v) is 17.8. The van der Waals surface area contributed by atoms with Crippen molar-refractivity contribution in [3.8, 4) is 0 Å². The molecule has 0 unspecified atom stereocenters. The highest BCUT2D eigenvalue weighted by Gasteiger charge is 2.42. The fraction of sp³-hybridized carbons (Fsp3) is 0.714. The molecule has 0 aromatic rings. The zero-order valence-electron chi connectivity index (χ0n) is 17.0. The highest BCUT2D eigenvalue weighted by molar-refractivity contribution is 8.00. The molecular formula is C21H35N3O2S. The van der Waals surface area contributed by atoms with Crippen LogP contribution in [0.4, 0.5) is 4.79 Å². The molecule has 0 bridgehead atoms. The van der Waals surface area contributed by atoms with Crippen LogP contribution >= 0.6 is 11.8 Å². The molecule has 0 aromatic heterocycles. The molecule has 6 heteroatoms. The van der Waals surface area contributed by atoms with E-state index in [1.807, 2.05) is 11.8 Å².